The van der Waals surface area contributed by atoms with Crippen LogP contribution in [-0.2, 0) is 9.84 Å². The number of amidine groups is 1. The van der Waals surface area contributed by atoms with Crippen molar-refractivity contribution in [3.05, 3.63) is 29.6 Å². The molecular formula is C11H12F3N3O2S. The van der Waals surface area contributed by atoms with Gasteiger partial charge in [0.15, 0.2) is 9.84 Å². The number of aromatic nitrogens is 1. The van der Waals surface area contributed by atoms with E-state index < -0.39 is 27.4 Å². The molecule has 1 aliphatic rings. The molecule has 20 heavy (non-hydrogen) atoms. The second-order valence-electron chi connectivity index (χ2n) is 4.57. The Labute approximate surface area is 113 Å². The van der Waals surface area contributed by atoms with E-state index in [9.17, 15) is 21.6 Å². The normalized spacial score (nSPS) is 23.4. The van der Waals surface area contributed by atoms with Crippen LogP contribution in [0.3, 0.4) is 0 Å². The number of nitrogens with one attached hydrogen (secondary N) is 1. The fourth-order valence-electron chi connectivity index (χ4n) is 1.90. The minimum Gasteiger partial charge on any atom is -0.342 e. The quantitative estimate of drug-likeness (QED) is 0.886. The first-order valence-corrected chi connectivity index (χ1v) is 7.48. The first kappa shape index (κ1) is 14.8. The van der Waals surface area contributed by atoms with Crippen LogP contribution in [-0.4, -0.2) is 43.1 Å². The van der Waals surface area contributed by atoms with Crippen molar-refractivity contribution in [1.82, 2.24) is 10.3 Å². The average molecular weight is 307 g/mol. The van der Waals surface area contributed by atoms with E-state index in [0.29, 0.717) is 17.5 Å². The summed E-state index contributed by atoms with van der Waals surface area (Å²) in [6, 6.07) is 2.99. The highest BCUT2D eigenvalue weighted by Gasteiger charge is 2.64. The zero-order valence-electron chi connectivity index (χ0n) is 10.7. The van der Waals surface area contributed by atoms with E-state index in [2.05, 4.69) is 9.98 Å². The Morgan fingerprint density at radius 3 is 2.50 bits per heavy atom. The van der Waals surface area contributed by atoms with Gasteiger partial charge in [0.05, 0.1) is 6.54 Å². The van der Waals surface area contributed by atoms with Crippen molar-refractivity contribution in [2.24, 2.45) is 4.99 Å². The largest absolute Gasteiger partial charge is 0.427 e. The lowest BCUT2D eigenvalue weighted by Crippen LogP contribution is -2.62. The van der Waals surface area contributed by atoms with Crippen LogP contribution in [0.5, 0.6) is 0 Å². The highest BCUT2D eigenvalue weighted by molar-refractivity contribution is 7.92. The van der Waals surface area contributed by atoms with Crippen LogP contribution in [0.2, 0.25) is 0 Å². The number of sulfone groups is 1. The van der Waals surface area contributed by atoms with E-state index in [1.54, 1.807) is 6.92 Å². The van der Waals surface area contributed by atoms with Gasteiger partial charge in [-0.1, -0.05) is 0 Å². The molecule has 5 nitrogen and oxygen atoms in total. The number of halogens is 3. The molecule has 1 aliphatic heterocycles. The number of hydrogen-bond donors (Lipinski definition) is 1. The summed E-state index contributed by atoms with van der Waals surface area (Å²) in [6.07, 6.45) is -3.00. The standard InChI is InChI=1S/C11H12F3N3O2S/c1-7-5-8(3-4-15-7)9-16-6-10(17-9,11(12,13)14)20(2,18)19/h3-5H,6H2,1-2H3,(H,16,17). The van der Waals surface area contributed by atoms with E-state index in [-0.39, 0.29) is 5.84 Å². The van der Waals surface area contributed by atoms with Crippen molar-refractivity contribution in [3.63, 3.8) is 0 Å². The molecule has 9 heteroatoms. The van der Waals surface area contributed by atoms with Crippen molar-refractivity contribution < 1.29 is 21.6 Å². The lowest BCUT2D eigenvalue weighted by Gasteiger charge is -2.29. The van der Waals surface area contributed by atoms with Crippen LogP contribution in [0.4, 0.5) is 13.2 Å². The Hall–Kier alpha value is -1.64. The number of rotatable bonds is 2. The summed E-state index contributed by atoms with van der Waals surface area (Å²) in [6.45, 7) is 0.776. The van der Waals surface area contributed by atoms with Crippen LogP contribution in [0, 0.1) is 6.92 Å². The van der Waals surface area contributed by atoms with Crippen LogP contribution >= 0.6 is 0 Å². The minimum absolute atomic E-state index is 0.0988. The lowest BCUT2D eigenvalue weighted by molar-refractivity contribution is -0.160. The van der Waals surface area contributed by atoms with Crippen LogP contribution in [0.1, 0.15) is 11.3 Å². The zero-order chi connectivity index (χ0) is 15.2. The maximum absolute atomic E-state index is 13.2. The summed E-state index contributed by atoms with van der Waals surface area (Å²) >= 11 is 0. The molecule has 2 rings (SSSR count). The fraction of sp³-hybridized carbons (Fsp3) is 0.455. The van der Waals surface area contributed by atoms with E-state index in [1.165, 1.54) is 18.3 Å². The smallest absolute Gasteiger partial charge is 0.342 e. The molecule has 1 atom stereocenters. The molecule has 1 aromatic rings. The molecule has 0 aliphatic carbocycles. The summed E-state index contributed by atoms with van der Waals surface area (Å²) in [5.74, 6) is -0.0988. The van der Waals surface area contributed by atoms with Crippen molar-refractivity contribution in [1.29, 1.82) is 0 Å². The molecule has 0 amide bonds. The van der Waals surface area contributed by atoms with Gasteiger partial charge in [-0.25, -0.2) is 8.42 Å². The monoisotopic (exact) mass is 307 g/mol. The van der Waals surface area contributed by atoms with E-state index in [4.69, 9.17) is 0 Å². The van der Waals surface area contributed by atoms with Crippen molar-refractivity contribution in [3.8, 4) is 0 Å². The van der Waals surface area contributed by atoms with E-state index >= 15 is 0 Å². The van der Waals surface area contributed by atoms with Gasteiger partial charge in [0.2, 0.25) is 0 Å². The lowest BCUT2D eigenvalue weighted by atomic mass is 10.2. The molecular weight excluding hydrogens is 295 g/mol. The number of aliphatic imine (C=N–C) groups is 1. The number of hydrogen-bond acceptors (Lipinski definition) is 5. The van der Waals surface area contributed by atoms with Gasteiger partial charge in [-0.3, -0.25) is 9.98 Å². The fourth-order valence-corrected chi connectivity index (χ4v) is 2.90. The van der Waals surface area contributed by atoms with Gasteiger partial charge >= 0.3 is 6.18 Å². The number of nitrogens with zero attached hydrogens (tertiary/aromatic N) is 2. The third kappa shape index (κ3) is 2.26. The molecule has 0 radical (unpaired) electrons. The second-order valence-corrected chi connectivity index (χ2v) is 6.81. The van der Waals surface area contributed by atoms with Crippen LogP contribution in [0.15, 0.2) is 23.3 Å². The van der Waals surface area contributed by atoms with Crippen molar-refractivity contribution in [2.75, 3.05) is 12.8 Å². The molecule has 0 spiro atoms. The Morgan fingerprint density at radius 1 is 1.40 bits per heavy atom. The Bertz CT molecular complexity index is 670. The van der Waals surface area contributed by atoms with Gasteiger partial charge in [-0.05, 0) is 19.1 Å². The molecule has 1 unspecified atom stereocenters. The van der Waals surface area contributed by atoms with Crippen molar-refractivity contribution >= 4 is 15.7 Å². The summed E-state index contributed by atoms with van der Waals surface area (Å²) in [5, 5.41) is 2.04. The maximum atomic E-state index is 13.2. The molecule has 0 saturated heterocycles. The number of pyridine rings is 1. The Morgan fingerprint density at radius 2 is 2.05 bits per heavy atom. The predicted molar refractivity (Wildman–Crippen MR) is 67.1 cm³/mol. The van der Waals surface area contributed by atoms with Crippen LogP contribution < -0.4 is 5.32 Å². The molecule has 1 N–H and O–H groups in total. The SMILES string of the molecule is Cc1cc(C2=NCC(C(F)(F)F)(S(C)(=O)=O)N2)ccn1. The van der Waals surface area contributed by atoms with Gasteiger partial charge in [-0.2, -0.15) is 13.2 Å². The van der Waals surface area contributed by atoms with Gasteiger partial charge in [0.1, 0.15) is 5.84 Å². The van der Waals surface area contributed by atoms with Gasteiger partial charge in [0, 0.05) is 23.7 Å². The topological polar surface area (TPSA) is 71.4 Å². The average Bonchev–Trinajstić information content (AvgIpc) is 2.73. The molecule has 110 valence electrons. The van der Waals surface area contributed by atoms with Gasteiger partial charge < -0.3 is 5.32 Å². The molecule has 0 fully saturated rings. The van der Waals surface area contributed by atoms with Gasteiger partial charge in [-0.15, -0.1) is 0 Å². The Balaban J connectivity index is 2.43. The first-order valence-electron chi connectivity index (χ1n) is 5.59. The molecule has 2 heterocycles. The predicted octanol–water partition coefficient (Wildman–Crippen LogP) is 1.04. The van der Waals surface area contributed by atoms with E-state index in [1.807, 2.05) is 5.32 Å². The summed E-state index contributed by atoms with van der Waals surface area (Å²) in [4.78, 5) is 4.57. The highest BCUT2D eigenvalue weighted by atomic mass is 32.2. The molecule has 0 saturated carbocycles. The highest BCUT2D eigenvalue weighted by Crippen LogP contribution is 2.37. The van der Waals surface area contributed by atoms with Crippen LogP contribution in [0.25, 0.3) is 0 Å². The third-order valence-electron chi connectivity index (χ3n) is 3.04. The Kier molecular flexibility index (Phi) is 3.28. The summed E-state index contributed by atoms with van der Waals surface area (Å²) in [7, 11) is -4.44. The molecule has 0 aromatic carbocycles. The molecule has 1 aromatic heterocycles. The van der Waals surface area contributed by atoms with Gasteiger partial charge in [0.25, 0.3) is 4.87 Å². The minimum atomic E-state index is -4.96. The number of alkyl halides is 3. The molecule has 0 bridgehead atoms. The third-order valence-corrected chi connectivity index (χ3v) is 4.77. The van der Waals surface area contributed by atoms with Crippen molar-refractivity contribution in [2.45, 2.75) is 18.0 Å². The second kappa shape index (κ2) is 4.44. The first-order chi connectivity index (χ1) is 9.07. The maximum Gasteiger partial charge on any atom is 0.427 e. The number of aryl methyl sites for hydroxylation is 1. The van der Waals surface area contributed by atoms with E-state index in [0.717, 1.165) is 0 Å². The summed E-state index contributed by atoms with van der Waals surface area (Å²) in [5.41, 5.74) is 0.961. The summed E-state index contributed by atoms with van der Waals surface area (Å²) < 4.78 is 62.6. The zero-order valence-corrected chi connectivity index (χ0v) is 11.5.